The topological polar surface area (TPSA) is 49.9 Å². The summed E-state index contributed by atoms with van der Waals surface area (Å²) in [5, 5.41) is 0. The second kappa shape index (κ2) is 9.10. The third-order valence-corrected chi connectivity index (χ3v) is 5.45. The third-order valence-electron chi connectivity index (χ3n) is 5.45. The number of likely N-dealkylation sites (N-methyl/N-ethyl adjacent to an activating group) is 1. The van der Waals surface area contributed by atoms with Gasteiger partial charge < -0.3 is 9.64 Å². The fraction of sp³-hybridized carbons (Fsp3) is 0.185. The molecule has 0 bridgehead atoms. The average Bonchev–Trinajstić information content (AvgIpc) is 3.08. The van der Waals surface area contributed by atoms with Gasteiger partial charge in [0.25, 0.3) is 11.8 Å². The lowest BCUT2D eigenvalue weighted by molar-refractivity contribution is -0.120. The smallest absolute Gasteiger partial charge is 0.282 e. The Hall–Kier alpha value is -3.86. The number of aryl methyl sites for hydroxylation is 1. The first-order chi connectivity index (χ1) is 15.5. The van der Waals surface area contributed by atoms with Crippen LogP contribution in [0.3, 0.4) is 0 Å². The highest BCUT2D eigenvalue weighted by Crippen LogP contribution is 2.39. The van der Waals surface area contributed by atoms with Crippen LogP contribution in [-0.4, -0.2) is 25.5 Å². The van der Waals surface area contributed by atoms with Crippen LogP contribution in [0.15, 0.2) is 84.6 Å². The standard InChI is InChI=1S/C27H26N2O3/c1-4-18-32-23-13-9-8-12-22(23)29-26(30)24(20-16-14-19(2)15-17-20)25(27(29)31)28(3)21-10-6-5-7-11-21/h5-17H,4,18H2,1-3H3. The van der Waals surface area contributed by atoms with Crippen molar-refractivity contribution in [3.8, 4) is 5.75 Å². The molecule has 0 saturated heterocycles. The maximum absolute atomic E-state index is 13.8. The second-order valence-corrected chi connectivity index (χ2v) is 7.75. The summed E-state index contributed by atoms with van der Waals surface area (Å²) in [6.45, 7) is 4.51. The minimum atomic E-state index is -0.371. The lowest BCUT2D eigenvalue weighted by Crippen LogP contribution is -2.34. The zero-order chi connectivity index (χ0) is 22.7. The van der Waals surface area contributed by atoms with E-state index >= 15 is 0 Å². The van der Waals surface area contributed by atoms with Crippen LogP contribution in [0, 0.1) is 6.92 Å². The maximum atomic E-state index is 13.8. The largest absolute Gasteiger partial charge is 0.491 e. The number of ether oxygens (including phenoxy) is 1. The van der Waals surface area contributed by atoms with E-state index in [-0.39, 0.29) is 11.8 Å². The Morgan fingerprint density at radius 3 is 2.19 bits per heavy atom. The molecule has 0 spiro atoms. The molecule has 5 nitrogen and oxygen atoms in total. The van der Waals surface area contributed by atoms with Gasteiger partial charge in [-0.3, -0.25) is 9.59 Å². The Labute approximate surface area is 188 Å². The molecule has 0 N–H and O–H groups in total. The van der Waals surface area contributed by atoms with Crippen LogP contribution in [0.25, 0.3) is 5.57 Å². The predicted octanol–water partition coefficient (Wildman–Crippen LogP) is 5.20. The lowest BCUT2D eigenvalue weighted by Gasteiger charge is -2.22. The zero-order valence-corrected chi connectivity index (χ0v) is 18.5. The normalized spacial score (nSPS) is 13.7. The summed E-state index contributed by atoms with van der Waals surface area (Å²) >= 11 is 0. The molecule has 3 aromatic carbocycles. The summed E-state index contributed by atoms with van der Waals surface area (Å²) in [6, 6.07) is 24.4. The summed E-state index contributed by atoms with van der Waals surface area (Å²) in [7, 11) is 1.81. The van der Waals surface area contributed by atoms with E-state index in [0.29, 0.717) is 34.9 Å². The SMILES string of the molecule is CCCOc1ccccc1N1C(=O)C(c2ccc(C)cc2)=C(N(C)c2ccccc2)C1=O. The van der Waals surface area contributed by atoms with E-state index in [0.717, 1.165) is 17.7 Å². The number of anilines is 2. The van der Waals surface area contributed by atoms with Gasteiger partial charge >= 0.3 is 0 Å². The van der Waals surface area contributed by atoms with E-state index in [1.54, 1.807) is 23.1 Å². The Bertz CT molecular complexity index is 1170. The van der Waals surface area contributed by atoms with Gasteiger partial charge in [-0.1, -0.05) is 67.1 Å². The Kier molecular flexibility index (Phi) is 6.08. The number of para-hydroxylation sites is 3. The van der Waals surface area contributed by atoms with Gasteiger partial charge in [-0.15, -0.1) is 0 Å². The van der Waals surface area contributed by atoms with Crippen molar-refractivity contribution in [3.63, 3.8) is 0 Å². The number of benzene rings is 3. The molecule has 1 aliphatic rings. The number of nitrogens with zero attached hydrogens (tertiary/aromatic N) is 2. The number of amides is 2. The molecule has 162 valence electrons. The van der Waals surface area contributed by atoms with Gasteiger partial charge in [-0.05, 0) is 43.2 Å². The van der Waals surface area contributed by atoms with Crippen LogP contribution in [0.1, 0.15) is 24.5 Å². The van der Waals surface area contributed by atoms with Crippen molar-refractivity contribution in [2.24, 2.45) is 0 Å². The molecule has 0 aliphatic carbocycles. The first-order valence-electron chi connectivity index (χ1n) is 10.7. The number of carbonyl (C=O) groups is 2. The molecule has 0 atom stereocenters. The van der Waals surface area contributed by atoms with Crippen molar-refractivity contribution in [1.29, 1.82) is 0 Å². The molecule has 0 radical (unpaired) electrons. The quantitative estimate of drug-likeness (QED) is 0.487. The van der Waals surface area contributed by atoms with E-state index in [2.05, 4.69) is 0 Å². The first kappa shape index (κ1) is 21.4. The van der Waals surface area contributed by atoms with Crippen LogP contribution < -0.4 is 14.5 Å². The molecule has 1 heterocycles. The first-order valence-corrected chi connectivity index (χ1v) is 10.7. The predicted molar refractivity (Wildman–Crippen MR) is 128 cm³/mol. The van der Waals surface area contributed by atoms with Crippen LogP contribution in [-0.2, 0) is 9.59 Å². The molecule has 0 fully saturated rings. The fourth-order valence-electron chi connectivity index (χ4n) is 3.79. The number of rotatable bonds is 7. The number of hydrogen-bond acceptors (Lipinski definition) is 4. The van der Waals surface area contributed by atoms with Gasteiger partial charge in [-0.25, -0.2) is 4.90 Å². The monoisotopic (exact) mass is 426 g/mol. The van der Waals surface area contributed by atoms with Crippen LogP contribution in [0.2, 0.25) is 0 Å². The number of hydrogen-bond donors (Lipinski definition) is 0. The van der Waals surface area contributed by atoms with E-state index in [9.17, 15) is 9.59 Å². The van der Waals surface area contributed by atoms with Gasteiger partial charge in [0.05, 0.1) is 17.9 Å². The van der Waals surface area contributed by atoms with Crippen molar-refractivity contribution in [2.45, 2.75) is 20.3 Å². The van der Waals surface area contributed by atoms with E-state index in [4.69, 9.17) is 4.74 Å². The molecular weight excluding hydrogens is 400 g/mol. The number of imide groups is 1. The average molecular weight is 427 g/mol. The molecule has 4 rings (SSSR count). The fourth-order valence-corrected chi connectivity index (χ4v) is 3.79. The Balaban J connectivity index is 1.85. The minimum Gasteiger partial charge on any atom is -0.491 e. The van der Waals surface area contributed by atoms with Gasteiger partial charge in [-0.2, -0.15) is 0 Å². The summed E-state index contributed by atoms with van der Waals surface area (Å²) in [5.41, 5.74) is 3.80. The summed E-state index contributed by atoms with van der Waals surface area (Å²) in [5.74, 6) is -0.212. The summed E-state index contributed by atoms with van der Waals surface area (Å²) in [4.78, 5) is 30.5. The Morgan fingerprint density at radius 2 is 1.50 bits per heavy atom. The van der Waals surface area contributed by atoms with E-state index < -0.39 is 0 Å². The highest BCUT2D eigenvalue weighted by molar-refractivity contribution is 6.46. The van der Waals surface area contributed by atoms with Crippen LogP contribution in [0.5, 0.6) is 5.75 Å². The second-order valence-electron chi connectivity index (χ2n) is 7.75. The highest BCUT2D eigenvalue weighted by Gasteiger charge is 2.43. The molecule has 0 aromatic heterocycles. The zero-order valence-electron chi connectivity index (χ0n) is 18.5. The minimum absolute atomic E-state index is 0.343. The van der Waals surface area contributed by atoms with Crippen LogP contribution in [0.4, 0.5) is 11.4 Å². The highest BCUT2D eigenvalue weighted by atomic mass is 16.5. The molecular formula is C27H26N2O3. The molecule has 0 saturated carbocycles. The molecule has 1 aliphatic heterocycles. The maximum Gasteiger partial charge on any atom is 0.282 e. The molecule has 3 aromatic rings. The van der Waals surface area contributed by atoms with Crippen LogP contribution >= 0.6 is 0 Å². The van der Waals surface area contributed by atoms with Crippen molar-refractivity contribution < 1.29 is 14.3 Å². The Morgan fingerprint density at radius 1 is 0.844 bits per heavy atom. The van der Waals surface area contributed by atoms with Gasteiger partial charge in [0.15, 0.2) is 0 Å². The summed E-state index contributed by atoms with van der Waals surface area (Å²) < 4.78 is 5.85. The van der Waals surface area contributed by atoms with Crippen molar-refractivity contribution in [3.05, 3.63) is 95.7 Å². The van der Waals surface area contributed by atoms with Gasteiger partial charge in [0.1, 0.15) is 11.4 Å². The van der Waals surface area contributed by atoms with E-state index in [1.807, 2.05) is 81.6 Å². The molecule has 2 amide bonds. The third kappa shape index (κ3) is 3.89. The lowest BCUT2D eigenvalue weighted by atomic mass is 10.0. The van der Waals surface area contributed by atoms with Gasteiger partial charge in [0.2, 0.25) is 0 Å². The van der Waals surface area contributed by atoms with E-state index in [1.165, 1.54) is 4.90 Å². The molecule has 5 heteroatoms. The number of carbonyl (C=O) groups excluding carboxylic acids is 2. The summed E-state index contributed by atoms with van der Waals surface area (Å²) in [6.07, 6.45) is 0.824. The molecule has 0 unspecified atom stereocenters. The van der Waals surface area contributed by atoms with Crippen molar-refractivity contribution in [1.82, 2.24) is 0 Å². The van der Waals surface area contributed by atoms with Crippen molar-refractivity contribution in [2.75, 3.05) is 23.5 Å². The van der Waals surface area contributed by atoms with Gasteiger partial charge in [0, 0.05) is 12.7 Å². The van der Waals surface area contributed by atoms with Crippen molar-refractivity contribution >= 4 is 28.8 Å². The molecule has 32 heavy (non-hydrogen) atoms.